The fourth-order valence-electron chi connectivity index (χ4n) is 3.49. The second kappa shape index (κ2) is 8.08. The van der Waals surface area contributed by atoms with Crippen LogP contribution in [-0.4, -0.2) is 47.9 Å². The molecule has 0 aromatic carbocycles. The summed E-state index contributed by atoms with van der Waals surface area (Å²) in [6.07, 6.45) is 5.39. The number of nitrogens with one attached hydrogen (secondary N) is 1. The molecule has 2 aliphatic rings. The highest BCUT2D eigenvalue weighted by molar-refractivity contribution is 7.10. The molecule has 0 radical (unpaired) electrons. The number of anilines is 2. The number of pyridine rings is 1. The van der Waals surface area contributed by atoms with Gasteiger partial charge in [-0.05, 0) is 36.4 Å². The number of nitrogens with zero attached hydrogens (tertiary/aromatic N) is 3. The Labute approximate surface area is 163 Å². The molecule has 27 heavy (non-hydrogen) atoms. The van der Waals surface area contributed by atoms with E-state index in [4.69, 9.17) is 0 Å². The van der Waals surface area contributed by atoms with E-state index in [9.17, 15) is 9.59 Å². The lowest BCUT2D eigenvalue weighted by molar-refractivity contribution is -0.138. The first kappa shape index (κ1) is 18.0. The lowest BCUT2D eigenvalue weighted by Crippen LogP contribution is -2.51. The Morgan fingerprint density at radius 1 is 1.15 bits per heavy atom. The molecule has 0 atom stereocenters. The van der Waals surface area contributed by atoms with Crippen molar-refractivity contribution in [2.45, 2.75) is 25.7 Å². The molecule has 1 N–H and O–H groups in total. The molecule has 142 valence electrons. The minimum atomic E-state index is -0.0323. The van der Waals surface area contributed by atoms with Crippen molar-refractivity contribution in [1.82, 2.24) is 9.88 Å². The van der Waals surface area contributed by atoms with Crippen molar-refractivity contribution in [3.63, 3.8) is 0 Å². The van der Waals surface area contributed by atoms with Gasteiger partial charge in [0.05, 0.1) is 18.3 Å². The summed E-state index contributed by atoms with van der Waals surface area (Å²) in [6, 6.07) is 7.73. The molecule has 4 rings (SSSR count). The third-order valence-electron chi connectivity index (χ3n) is 5.32. The first-order valence-electron chi connectivity index (χ1n) is 9.51. The predicted octanol–water partition coefficient (Wildman–Crippen LogP) is 2.77. The zero-order valence-corrected chi connectivity index (χ0v) is 16.1. The van der Waals surface area contributed by atoms with Crippen LogP contribution in [0.5, 0.6) is 0 Å². The summed E-state index contributed by atoms with van der Waals surface area (Å²) >= 11 is 1.58. The van der Waals surface area contributed by atoms with E-state index in [2.05, 4.69) is 15.2 Å². The summed E-state index contributed by atoms with van der Waals surface area (Å²) in [6.45, 7) is 3.12. The maximum absolute atomic E-state index is 12.3. The maximum atomic E-state index is 12.3. The van der Waals surface area contributed by atoms with E-state index in [1.165, 1.54) is 6.42 Å². The molecule has 0 unspecified atom stereocenters. The maximum Gasteiger partial charge on any atom is 0.229 e. The van der Waals surface area contributed by atoms with Gasteiger partial charge in [-0.25, -0.2) is 4.98 Å². The fourth-order valence-corrected chi connectivity index (χ4v) is 4.20. The number of amides is 2. The number of carbonyl (C=O) groups is 2. The molecular formula is C20H24N4O2S. The Bertz CT molecular complexity index is 779. The molecule has 1 aliphatic heterocycles. The zero-order valence-electron chi connectivity index (χ0n) is 15.3. The number of hydrogen-bond donors (Lipinski definition) is 1. The molecule has 2 aromatic heterocycles. The molecule has 0 spiro atoms. The third-order valence-corrected chi connectivity index (χ3v) is 6.19. The fraction of sp³-hybridized carbons (Fsp3) is 0.450. The first-order chi connectivity index (χ1) is 13.2. The largest absolute Gasteiger partial charge is 0.353 e. The van der Waals surface area contributed by atoms with Crippen molar-refractivity contribution < 1.29 is 9.59 Å². The van der Waals surface area contributed by atoms with E-state index in [-0.39, 0.29) is 11.8 Å². The Morgan fingerprint density at radius 3 is 2.56 bits per heavy atom. The van der Waals surface area contributed by atoms with Gasteiger partial charge in [0.15, 0.2) is 0 Å². The Hall–Kier alpha value is -2.41. The predicted molar refractivity (Wildman–Crippen MR) is 107 cm³/mol. The van der Waals surface area contributed by atoms with Crippen molar-refractivity contribution >= 4 is 34.7 Å². The quantitative estimate of drug-likeness (QED) is 0.861. The molecule has 1 saturated carbocycles. The monoisotopic (exact) mass is 384 g/mol. The Morgan fingerprint density at radius 2 is 1.96 bits per heavy atom. The summed E-state index contributed by atoms with van der Waals surface area (Å²) in [5, 5.41) is 4.86. The third kappa shape index (κ3) is 4.30. The van der Waals surface area contributed by atoms with Crippen LogP contribution in [-0.2, 0) is 16.0 Å². The van der Waals surface area contributed by atoms with Crippen LogP contribution in [0.25, 0.3) is 0 Å². The molecule has 1 aliphatic carbocycles. The molecule has 0 bridgehead atoms. The number of carbonyl (C=O) groups excluding carboxylic acids is 2. The molecule has 2 amide bonds. The molecule has 6 nitrogen and oxygen atoms in total. The SMILES string of the molecule is O=C(Cc1cccs1)Nc1ccc(N2CCN(C(=O)C3CCC3)CC2)nc1. The van der Waals surface area contributed by atoms with Gasteiger partial charge >= 0.3 is 0 Å². The number of hydrogen-bond acceptors (Lipinski definition) is 5. The lowest BCUT2D eigenvalue weighted by atomic mass is 9.84. The van der Waals surface area contributed by atoms with Crippen LogP contribution in [0.2, 0.25) is 0 Å². The van der Waals surface area contributed by atoms with Gasteiger partial charge in [0, 0.05) is 37.0 Å². The van der Waals surface area contributed by atoms with Crippen LogP contribution in [0.4, 0.5) is 11.5 Å². The standard InChI is InChI=1S/C20H24N4O2S/c25-19(13-17-5-2-12-27-17)22-16-6-7-18(21-14-16)23-8-10-24(11-9-23)20(26)15-3-1-4-15/h2,5-7,12,14-15H,1,3-4,8-11,13H2,(H,22,25). The highest BCUT2D eigenvalue weighted by atomic mass is 32.1. The highest BCUT2D eigenvalue weighted by Gasteiger charge is 2.31. The number of piperazine rings is 1. The van der Waals surface area contributed by atoms with Gasteiger partial charge in [-0.2, -0.15) is 0 Å². The number of rotatable bonds is 5. The van der Waals surface area contributed by atoms with E-state index >= 15 is 0 Å². The summed E-state index contributed by atoms with van der Waals surface area (Å²) < 4.78 is 0. The Kier molecular flexibility index (Phi) is 5.38. The number of thiophene rings is 1. The van der Waals surface area contributed by atoms with Gasteiger partial charge in [-0.3, -0.25) is 9.59 Å². The van der Waals surface area contributed by atoms with Gasteiger partial charge in [0.25, 0.3) is 0 Å². The van der Waals surface area contributed by atoms with Gasteiger partial charge in [0.1, 0.15) is 5.82 Å². The zero-order chi connectivity index (χ0) is 18.6. The van der Waals surface area contributed by atoms with Crippen LogP contribution < -0.4 is 10.2 Å². The molecule has 7 heteroatoms. The molecule has 1 saturated heterocycles. The van der Waals surface area contributed by atoms with E-state index in [0.717, 1.165) is 49.7 Å². The van der Waals surface area contributed by atoms with E-state index in [0.29, 0.717) is 18.0 Å². The normalized spacial score (nSPS) is 17.5. The minimum Gasteiger partial charge on any atom is -0.353 e. The molecular weight excluding hydrogens is 360 g/mol. The first-order valence-corrected chi connectivity index (χ1v) is 10.4. The second-order valence-electron chi connectivity index (χ2n) is 7.15. The molecule has 2 aromatic rings. The number of aromatic nitrogens is 1. The summed E-state index contributed by atoms with van der Waals surface area (Å²) in [5.74, 6) is 1.46. The van der Waals surface area contributed by atoms with E-state index < -0.39 is 0 Å². The summed E-state index contributed by atoms with van der Waals surface area (Å²) in [7, 11) is 0. The van der Waals surface area contributed by atoms with Crippen LogP contribution in [0.15, 0.2) is 35.8 Å². The molecule has 2 fully saturated rings. The van der Waals surface area contributed by atoms with Crippen LogP contribution >= 0.6 is 11.3 Å². The minimum absolute atomic E-state index is 0.0323. The van der Waals surface area contributed by atoms with E-state index in [1.54, 1.807) is 17.5 Å². The van der Waals surface area contributed by atoms with Crippen LogP contribution in [0.1, 0.15) is 24.1 Å². The lowest BCUT2D eigenvalue weighted by Gasteiger charge is -2.38. The van der Waals surface area contributed by atoms with Gasteiger partial charge in [-0.15, -0.1) is 11.3 Å². The van der Waals surface area contributed by atoms with Gasteiger partial charge < -0.3 is 15.1 Å². The second-order valence-corrected chi connectivity index (χ2v) is 8.18. The topological polar surface area (TPSA) is 65.5 Å². The smallest absolute Gasteiger partial charge is 0.229 e. The van der Waals surface area contributed by atoms with Crippen molar-refractivity contribution in [3.8, 4) is 0 Å². The van der Waals surface area contributed by atoms with Crippen molar-refractivity contribution in [2.75, 3.05) is 36.4 Å². The van der Waals surface area contributed by atoms with Crippen molar-refractivity contribution in [2.24, 2.45) is 5.92 Å². The van der Waals surface area contributed by atoms with Gasteiger partial charge in [0.2, 0.25) is 11.8 Å². The highest BCUT2D eigenvalue weighted by Crippen LogP contribution is 2.29. The van der Waals surface area contributed by atoms with Crippen LogP contribution in [0, 0.1) is 5.92 Å². The summed E-state index contributed by atoms with van der Waals surface area (Å²) in [4.78, 5) is 34.1. The summed E-state index contributed by atoms with van der Waals surface area (Å²) in [5.41, 5.74) is 0.708. The van der Waals surface area contributed by atoms with E-state index in [1.807, 2.05) is 34.5 Å². The average molecular weight is 385 g/mol. The van der Waals surface area contributed by atoms with Crippen LogP contribution in [0.3, 0.4) is 0 Å². The average Bonchev–Trinajstić information content (AvgIpc) is 3.14. The molecule has 3 heterocycles. The van der Waals surface area contributed by atoms with Gasteiger partial charge in [-0.1, -0.05) is 12.5 Å². The Balaban J connectivity index is 1.27. The van der Waals surface area contributed by atoms with Crippen molar-refractivity contribution in [1.29, 1.82) is 0 Å². The van der Waals surface area contributed by atoms with Crippen molar-refractivity contribution in [3.05, 3.63) is 40.7 Å².